The van der Waals surface area contributed by atoms with Gasteiger partial charge in [0.05, 0.1) is 12.5 Å². The number of anilines is 1. The lowest BCUT2D eigenvalue weighted by atomic mass is 9.32. The normalized spacial score (nSPS) is 45.7. The van der Waals surface area contributed by atoms with Gasteiger partial charge in [0.25, 0.3) is 0 Å². The Bertz CT molecular complexity index is 1180. The van der Waals surface area contributed by atoms with E-state index in [2.05, 4.69) is 71.5 Å². The minimum Gasteiger partial charge on any atom is -0.497 e. The Morgan fingerprint density at radius 2 is 1.57 bits per heavy atom. The first-order valence-corrected chi connectivity index (χ1v) is 17.1. The Morgan fingerprint density at radius 1 is 0.857 bits per heavy atom. The van der Waals surface area contributed by atoms with Gasteiger partial charge in [0.2, 0.25) is 0 Å². The molecule has 3 N–H and O–H groups in total. The van der Waals surface area contributed by atoms with Gasteiger partial charge in [0.15, 0.2) is 0 Å². The molecule has 0 aromatic heterocycles. The van der Waals surface area contributed by atoms with E-state index in [0.29, 0.717) is 47.0 Å². The number of rotatable bonds is 6. The number of benzene rings is 1. The fraction of sp³-hybridized carbons (Fsp3) is 0.811. The lowest BCUT2D eigenvalue weighted by Gasteiger charge is -2.73. The van der Waals surface area contributed by atoms with Gasteiger partial charge in [-0.25, -0.2) is 5.43 Å². The number of hydrogen-bond donors (Lipinski definition) is 3. The van der Waals surface area contributed by atoms with E-state index < -0.39 is 11.4 Å². The van der Waals surface area contributed by atoms with Gasteiger partial charge in [-0.1, -0.05) is 48.5 Å². The van der Waals surface area contributed by atoms with Crippen LogP contribution in [0.25, 0.3) is 0 Å². The molecule has 6 rings (SSSR count). The van der Waals surface area contributed by atoms with Gasteiger partial charge >= 0.3 is 5.97 Å². The van der Waals surface area contributed by atoms with E-state index in [1.165, 1.54) is 38.5 Å². The van der Waals surface area contributed by atoms with E-state index >= 15 is 0 Å². The van der Waals surface area contributed by atoms with Crippen LogP contribution in [0.4, 0.5) is 5.69 Å². The molecular formula is C37H58N2O3. The van der Waals surface area contributed by atoms with Crippen molar-refractivity contribution in [3.8, 4) is 5.75 Å². The molecule has 0 amide bonds. The summed E-state index contributed by atoms with van der Waals surface area (Å²) in [7, 11) is 1.71. The zero-order valence-corrected chi connectivity index (χ0v) is 27.7. The van der Waals surface area contributed by atoms with Crippen molar-refractivity contribution in [1.82, 2.24) is 5.43 Å². The number of fused-ring (bicyclic) bond motifs is 7. The molecule has 42 heavy (non-hydrogen) atoms. The first-order valence-electron chi connectivity index (χ1n) is 17.1. The minimum atomic E-state index is -0.489. The summed E-state index contributed by atoms with van der Waals surface area (Å²) in [6.07, 6.45) is 11.5. The number of nitrogens with one attached hydrogen (secondary N) is 2. The molecule has 5 nitrogen and oxygen atoms in total. The van der Waals surface area contributed by atoms with Crippen LogP contribution in [0.15, 0.2) is 24.3 Å². The van der Waals surface area contributed by atoms with Crippen molar-refractivity contribution in [3.05, 3.63) is 24.3 Å². The Morgan fingerprint density at radius 3 is 2.21 bits per heavy atom. The topological polar surface area (TPSA) is 70.6 Å². The average molecular weight is 579 g/mol. The van der Waals surface area contributed by atoms with E-state index in [1.54, 1.807) is 7.11 Å². The summed E-state index contributed by atoms with van der Waals surface area (Å²) >= 11 is 0. The van der Waals surface area contributed by atoms with Crippen LogP contribution in [0.2, 0.25) is 0 Å². The number of methoxy groups -OCH3 is 1. The summed E-state index contributed by atoms with van der Waals surface area (Å²) in [4.78, 5) is 13.0. The molecule has 10 atom stereocenters. The highest BCUT2D eigenvalue weighted by atomic mass is 16.5. The zero-order valence-electron chi connectivity index (χ0n) is 27.7. The van der Waals surface area contributed by atoms with Crippen LogP contribution >= 0.6 is 0 Å². The van der Waals surface area contributed by atoms with Crippen LogP contribution in [0, 0.1) is 62.6 Å². The summed E-state index contributed by atoms with van der Waals surface area (Å²) in [6.45, 7) is 17.7. The second kappa shape index (κ2) is 10.1. The van der Waals surface area contributed by atoms with Gasteiger partial charge in [0.1, 0.15) is 5.75 Å². The fourth-order valence-corrected chi connectivity index (χ4v) is 12.9. The van der Waals surface area contributed by atoms with Crippen molar-refractivity contribution in [1.29, 1.82) is 0 Å². The quantitative estimate of drug-likeness (QED) is 0.294. The predicted molar refractivity (Wildman–Crippen MR) is 170 cm³/mol. The van der Waals surface area contributed by atoms with Crippen LogP contribution < -0.4 is 15.6 Å². The Labute approximate surface area is 255 Å². The molecular weight excluding hydrogens is 520 g/mol. The van der Waals surface area contributed by atoms with Gasteiger partial charge in [0, 0.05) is 11.7 Å². The second-order valence-electron chi connectivity index (χ2n) is 17.0. The molecule has 5 aliphatic rings. The van der Waals surface area contributed by atoms with Crippen LogP contribution in [-0.4, -0.2) is 24.2 Å². The molecule has 5 saturated carbocycles. The highest BCUT2D eigenvalue weighted by molar-refractivity contribution is 5.76. The van der Waals surface area contributed by atoms with Crippen LogP contribution in [0.1, 0.15) is 113 Å². The summed E-state index contributed by atoms with van der Waals surface area (Å²) < 4.78 is 5.34. The molecule has 0 spiro atoms. The predicted octanol–water partition coefficient (Wildman–Crippen LogP) is 8.80. The monoisotopic (exact) mass is 578 g/mol. The van der Waals surface area contributed by atoms with Crippen molar-refractivity contribution >= 4 is 11.7 Å². The number of carboxylic acids is 1. The maximum atomic E-state index is 13.0. The van der Waals surface area contributed by atoms with Gasteiger partial charge in [-0.3, -0.25) is 4.79 Å². The molecule has 4 unspecified atom stereocenters. The molecule has 0 bridgehead atoms. The maximum Gasteiger partial charge on any atom is 0.309 e. The highest BCUT2D eigenvalue weighted by Gasteiger charge is 2.72. The standard InChI is InChI=1S/C37H58N2O3/c1-23(2)26-15-20-37(32(40)41)22-21-35(6)27(31(26)37)13-14-29-34(5)18-17-30(33(3,4)28(34)16-19-36(29,35)7)39-38-24-9-11-25(42-8)12-10-24/h9-12,23,26-31,38-39H,13-22H2,1-8H3,(H,40,41)/t26-,27+,28-,29?,30?,31?,34-,35+,36+,37?/m0/s1. The molecule has 1 aromatic carbocycles. The van der Waals surface area contributed by atoms with E-state index in [9.17, 15) is 9.90 Å². The van der Waals surface area contributed by atoms with Gasteiger partial charge in [-0.15, -0.1) is 0 Å². The molecule has 0 heterocycles. The highest BCUT2D eigenvalue weighted by Crippen LogP contribution is 2.77. The summed E-state index contributed by atoms with van der Waals surface area (Å²) in [5, 5.41) is 10.7. The van der Waals surface area contributed by atoms with Crippen molar-refractivity contribution in [2.45, 2.75) is 119 Å². The number of aliphatic carboxylic acids is 1. The van der Waals surface area contributed by atoms with E-state index in [1.807, 2.05) is 12.1 Å². The minimum absolute atomic E-state index is 0.171. The first kappa shape index (κ1) is 30.3. The van der Waals surface area contributed by atoms with Gasteiger partial charge < -0.3 is 15.3 Å². The summed E-state index contributed by atoms with van der Waals surface area (Å²) in [5.74, 6) is 3.76. The molecule has 0 saturated heterocycles. The average Bonchev–Trinajstić information content (AvgIpc) is 3.35. The number of carboxylic acid groups (broad SMARTS) is 1. The SMILES string of the molecule is COc1ccc(NNC2CC[C@]3(C)C4CC[C@@H]5C6[C@H](C(C)C)CCC6(C(=O)O)CC[C@@]5(C)[C@]4(C)CC[C@H]3C2(C)C)cc1. The summed E-state index contributed by atoms with van der Waals surface area (Å²) in [6, 6.07) is 8.58. The van der Waals surface area contributed by atoms with Crippen molar-refractivity contribution in [2.75, 3.05) is 12.5 Å². The largest absolute Gasteiger partial charge is 0.497 e. The zero-order chi connectivity index (χ0) is 30.3. The molecule has 1 aromatic rings. The molecule has 234 valence electrons. The van der Waals surface area contributed by atoms with Crippen molar-refractivity contribution in [2.24, 2.45) is 62.6 Å². The second-order valence-corrected chi connectivity index (χ2v) is 17.0. The molecule has 5 heteroatoms. The van der Waals surface area contributed by atoms with Gasteiger partial charge in [-0.05, 0) is 146 Å². The third kappa shape index (κ3) is 4.07. The third-order valence-electron chi connectivity index (χ3n) is 15.3. The molecule has 5 aliphatic carbocycles. The molecule has 0 radical (unpaired) electrons. The maximum absolute atomic E-state index is 13.0. The molecule has 0 aliphatic heterocycles. The van der Waals surface area contributed by atoms with Crippen LogP contribution in [0.5, 0.6) is 5.75 Å². The molecule has 5 fully saturated rings. The van der Waals surface area contributed by atoms with E-state index in [0.717, 1.165) is 37.1 Å². The van der Waals surface area contributed by atoms with Gasteiger partial charge in [-0.2, -0.15) is 0 Å². The van der Waals surface area contributed by atoms with E-state index in [-0.39, 0.29) is 16.2 Å². The lowest BCUT2D eigenvalue weighted by molar-refractivity contribution is -0.242. The fourth-order valence-electron chi connectivity index (χ4n) is 12.9. The van der Waals surface area contributed by atoms with Crippen LogP contribution in [-0.2, 0) is 4.79 Å². The number of hydrazine groups is 1. The third-order valence-corrected chi connectivity index (χ3v) is 15.3. The smallest absolute Gasteiger partial charge is 0.309 e. The summed E-state index contributed by atoms with van der Waals surface area (Å²) in [5.41, 5.74) is 8.86. The van der Waals surface area contributed by atoms with Crippen molar-refractivity contribution < 1.29 is 14.6 Å². The lowest BCUT2D eigenvalue weighted by Crippen LogP contribution is -2.68. The Hall–Kier alpha value is -1.75. The van der Waals surface area contributed by atoms with E-state index in [4.69, 9.17) is 4.74 Å². The first-order chi connectivity index (χ1) is 19.7. The van der Waals surface area contributed by atoms with Crippen molar-refractivity contribution in [3.63, 3.8) is 0 Å². The Kier molecular flexibility index (Phi) is 7.31. The number of hydrogen-bond acceptors (Lipinski definition) is 4. The number of ether oxygens (including phenoxy) is 1. The Balaban J connectivity index is 1.25. The van der Waals surface area contributed by atoms with Crippen LogP contribution in [0.3, 0.4) is 0 Å². The number of carbonyl (C=O) groups is 1.